The largest absolute Gasteiger partial charge is 0.378 e. The van der Waals surface area contributed by atoms with Crippen LogP contribution in [0.2, 0.25) is 10.0 Å². The summed E-state index contributed by atoms with van der Waals surface area (Å²) in [6.07, 6.45) is 1.32. The maximum absolute atomic E-state index is 13.5. The molecule has 28 heavy (non-hydrogen) atoms. The maximum atomic E-state index is 13.5. The highest BCUT2D eigenvalue weighted by Gasteiger charge is 2.28. The first kappa shape index (κ1) is 19.4. The molecule has 1 aliphatic heterocycles. The first-order valence-electron chi connectivity index (χ1n) is 8.49. The van der Waals surface area contributed by atoms with Gasteiger partial charge in [0, 0.05) is 29.7 Å². The number of hydrogen-bond donors (Lipinski definition) is 0. The molecular formula is C19H15Cl2FN2O3S. The molecule has 3 aromatic rings. The van der Waals surface area contributed by atoms with Crippen molar-refractivity contribution in [2.24, 2.45) is 0 Å². The number of fused-ring (bicyclic) bond motifs is 1. The molecule has 1 aromatic heterocycles. The fourth-order valence-corrected chi connectivity index (χ4v) is 5.09. The van der Waals surface area contributed by atoms with Crippen molar-refractivity contribution in [3.63, 3.8) is 0 Å². The molecule has 0 atom stereocenters. The van der Waals surface area contributed by atoms with Crippen LogP contribution in [0.25, 0.3) is 10.9 Å². The summed E-state index contributed by atoms with van der Waals surface area (Å²) < 4.78 is 45.7. The van der Waals surface area contributed by atoms with Crippen molar-refractivity contribution in [3.8, 4) is 0 Å². The normalized spacial score (nSPS) is 15.2. The van der Waals surface area contributed by atoms with Crippen LogP contribution < -0.4 is 4.90 Å². The Hall–Kier alpha value is -1.93. The maximum Gasteiger partial charge on any atom is 0.210 e. The van der Waals surface area contributed by atoms with Gasteiger partial charge in [0.15, 0.2) is 0 Å². The van der Waals surface area contributed by atoms with Gasteiger partial charge in [-0.05, 0) is 36.4 Å². The van der Waals surface area contributed by atoms with Crippen LogP contribution in [0.15, 0.2) is 52.4 Å². The fourth-order valence-electron chi connectivity index (χ4n) is 3.21. The molecule has 0 spiro atoms. The van der Waals surface area contributed by atoms with E-state index in [1.165, 1.54) is 12.3 Å². The summed E-state index contributed by atoms with van der Waals surface area (Å²) in [5.41, 5.74) is 1.12. The van der Waals surface area contributed by atoms with Crippen molar-refractivity contribution in [2.45, 2.75) is 9.79 Å². The Bertz CT molecular complexity index is 1170. The van der Waals surface area contributed by atoms with Crippen molar-refractivity contribution in [3.05, 3.63) is 58.5 Å². The van der Waals surface area contributed by atoms with Gasteiger partial charge in [0.1, 0.15) is 10.7 Å². The SMILES string of the molecule is O=S(=O)(c1ccc(F)c(Cl)c1)c1cnc2cc(Cl)ccc2c1N1CCOCC1. The number of pyridine rings is 1. The van der Waals surface area contributed by atoms with E-state index < -0.39 is 15.7 Å². The molecule has 5 nitrogen and oxygen atoms in total. The van der Waals surface area contributed by atoms with Gasteiger partial charge in [0.05, 0.1) is 34.3 Å². The van der Waals surface area contributed by atoms with E-state index >= 15 is 0 Å². The number of benzene rings is 2. The van der Waals surface area contributed by atoms with E-state index in [-0.39, 0.29) is 14.8 Å². The summed E-state index contributed by atoms with van der Waals surface area (Å²) in [7, 11) is -3.99. The van der Waals surface area contributed by atoms with Crippen LogP contribution in [0.1, 0.15) is 0 Å². The zero-order chi connectivity index (χ0) is 19.9. The van der Waals surface area contributed by atoms with Gasteiger partial charge < -0.3 is 9.64 Å². The summed E-state index contributed by atoms with van der Waals surface area (Å²) in [5, 5.41) is 0.920. The summed E-state index contributed by atoms with van der Waals surface area (Å²) in [4.78, 5) is 6.20. The molecule has 1 fully saturated rings. The van der Waals surface area contributed by atoms with E-state index in [2.05, 4.69) is 4.98 Å². The quantitative estimate of drug-likeness (QED) is 0.566. The van der Waals surface area contributed by atoms with E-state index in [0.29, 0.717) is 47.9 Å². The molecule has 0 bridgehead atoms. The molecule has 2 heterocycles. The van der Waals surface area contributed by atoms with Crippen LogP contribution in [0, 0.1) is 5.82 Å². The van der Waals surface area contributed by atoms with Gasteiger partial charge in [-0.3, -0.25) is 4.98 Å². The molecule has 4 rings (SSSR count). The average Bonchev–Trinajstić information content (AvgIpc) is 2.69. The standard InChI is InChI=1S/C19H15Cl2FN2O3S/c20-12-1-3-14-17(9-12)23-11-18(19(14)24-5-7-27-8-6-24)28(25,26)13-2-4-16(22)15(21)10-13/h1-4,9-11H,5-8H2. The highest BCUT2D eigenvalue weighted by atomic mass is 35.5. The number of halogens is 3. The van der Waals surface area contributed by atoms with Crippen LogP contribution in [0.5, 0.6) is 0 Å². The van der Waals surface area contributed by atoms with Crippen LogP contribution in [-0.4, -0.2) is 39.7 Å². The molecule has 0 amide bonds. The van der Waals surface area contributed by atoms with Gasteiger partial charge in [0.25, 0.3) is 0 Å². The van der Waals surface area contributed by atoms with E-state index in [4.69, 9.17) is 27.9 Å². The molecule has 0 radical (unpaired) electrons. The average molecular weight is 441 g/mol. The summed E-state index contributed by atoms with van der Waals surface area (Å²) in [6.45, 7) is 2.04. The number of aromatic nitrogens is 1. The van der Waals surface area contributed by atoms with Gasteiger partial charge >= 0.3 is 0 Å². The Morgan fingerprint density at radius 2 is 1.82 bits per heavy atom. The predicted molar refractivity (Wildman–Crippen MR) is 107 cm³/mol. The van der Waals surface area contributed by atoms with Crippen molar-refractivity contribution < 1.29 is 17.5 Å². The Kier molecular flexibility index (Phi) is 5.18. The minimum absolute atomic E-state index is 0.0342. The van der Waals surface area contributed by atoms with Crippen LogP contribution in [0.4, 0.5) is 10.1 Å². The molecule has 0 unspecified atom stereocenters. The molecule has 1 saturated heterocycles. The lowest BCUT2D eigenvalue weighted by Crippen LogP contribution is -2.37. The third-order valence-corrected chi connectivity index (χ3v) is 6.86. The van der Waals surface area contributed by atoms with E-state index in [9.17, 15) is 12.8 Å². The van der Waals surface area contributed by atoms with Gasteiger partial charge in [-0.25, -0.2) is 12.8 Å². The third kappa shape index (κ3) is 3.43. The molecule has 2 aromatic carbocycles. The number of nitrogens with zero attached hydrogens (tertiary/aromatic N) is 2. The third-order valence-electron chi connectivity index (χ3n) is 4.59. The molecule has 0 N–H and O–H groups in total. The summed E-state index contributed by atoms with van der Waals surface area (Å²) in [5.74, 6) is -0.680. The van der Waals surface area contributed by atoms with Crippen molar-refractivity contribution in [1.29, 1.82) is 0 Å². The second kappa shape index (κ2) is 7.48. The Morgan fingerprint density at radius 1 is 1.07 bits per heavy atom. The van der Waals surface area contributed by atoms with E-state index in [0.717, 1.165) is 12.1 Å². The number of morpholine rings is 1. The van der Waals surface area contributed by atoms with Crippen molar-refractivity contribution in [2.75, 3.05) is 31.2 Å². The number of anilines is 1. The van der Waals surface area contributed by atoms with Crippen molar-refractivity contribution >= 4 is 49.6 Å². The second-order valence-electron chi connectivity index (χ2n) is 6.31. The van der Waals surface area contributed by atoms with Gasteiger partial charge in [-0.2, -0.15) is 0 Å². The molecular weight excluding hydrogens is 426 g/mol. The predicted octanol–water partition coefficient (Wildman–Crippen LogP) is 4.35. The first-order chi connectivity index (χ1) is 13.4. The summed E-state index contributed by atoms with van der Waals surface area (Å²) in [6, 6.07) is 8.49. The van der Waals surface area contributed by atoms with Crippen molar-refractivity contribution in [1.82, 2.24) is 4.98 Å². The van der Waals surface area contributed by atoms with E-state index in [1.54, 1.807) is 18.2 Å². The number of hydrogen-bond acceptors (Lipinski definition) is 5. The second-order valence-corrected chi connectivity index (χ2v) is 9.07. The zero-order valence-electron chi connectivity index (χ0n) is 14.5. The number of ether oxygens (including phenoxy) is 1. The monoisotopic (exact) mass is 440 g/mol. The fraction of sp³-hybridized carbons (Fsp3) is 0.211. The smallest absolute Gasteiger partial charge is 0.210 e. The van der Waals surface area contributed by atoms with Crippen LogP contribution in [0.3, 0.4) is 0 Å². The zero-order valence-corrected chi connectivity index (χ0v) is 16.9. The first-order valence-corrected chi connectivity index (χ1v) is 10.7. The lowest BCUT2D eigenvalue weighted by molar-refractivity contribution is 0.122. The lowest BCUT2D eigenvalue weighted by atomic mass is 10.1. The highest BCUT2D eigenvalue weighted by Crippen LogP contribution is 2.37. The van der Waals surface area contributed by atoms with E-state index in [1.807, 2.05) is 4.90 Å². The molecule has 9 heteroatoms. The minimum atomic E-state index is -3.99. The Morgan fingerprint density at radius 3 is 2.54 bits per heavy atom. The highest BCUT2D eigenvalue weighted by molar-refractivity contribution is 7.91. The molecule has 146 valence electrons. The van der Waals surface area contributed by atoms with Crippen LogP contribution in [-0.2, 0) is 14.6 Å². The number of sulfone groups is 1. The van der Waals surface area contributed by atoms with Crippen LogP contribution >= 0.6 is 23.2 Å². The number of rotatable bonds is 3. The summed E-state index contributed by atoms with van der Waals surface area (Å²) >= 11 is 11.9. The molecule has 0 saturated carbocycles. The Balaban J connectivity index is 1.97. The molecule has 1 aliphatic rings. The topological polar surface area (TPSA) is 59.5 Å². The lowest BCUT2D eigenvalue weighted by Gasteiger charge is -2.31. The van der Waals surface area contributed by atoms with Gasteiger partial charge in [-0.1, -0.05) is 23.2 Å². The molecule has 0 aliphatic carbocycles. The van der Waals surface area contributed by atoms with Gasteiger partial charge in [0.2, 0.25) is 9.84 Å². The Labute approximate surface area is 171 Å². The minimum Gasteiger partial charge on any atom is -0.378 e. The van der Waals surface area contributed by atoms with Gasteiger partial charge in [-0.15, -0.1) is 0 Å².